The molecule has 2 rings (SSSR count). The normalized spacial score (nSPS) is 26.8. The van der Waals surface area contributed by atoms with Crippen LogP contribution in [-0.2, 0) is 9.53 Å². The van der Waals surface area contributed by atoms with Gasteiger partial charge in [0.25, 0.3) is 0 Å². The Hall–Kier alpha value is -0.860. The van der Waals surface area contributed by atoms with Gasteiger partial charge in [0.05, 0.1) is 0 Å². The van der Waals surface area contributed by atoms with Gasteiger partial charge in [0.15, 0.2) is 6.29 Å². The molecule has 1 aromatic carbocycles. The molecule has 0 amide bonds. The molecule has 1 aliphatic rings. The molecular weight excluding hydrogens is 176 g/mol. The Bertz CT molecular complexity index is 311. The lowest BCUT2D eigenvalue weighted by molar-refractivity contribution is -0.108. The predicted octanol–water partition coefficient (Wildman–Crippen LogP) is 1.98. The number of hydrogen-bond donors (Lipinski definition) is 0. The van der Waals surface area contributed by atoms with Crippen LogP contribution < -0.4 is 0 Å². The number of hydrogen-bond acceptors (Lipinski definition) is 2. The Kier molecular flexibility index (Phi) is 1.87. The number of benzene rings is 1. The quantitative estimate of drug-likeness (QED) is 0.517. The Labute approximate surface area is 75.1 Å². The zero-order valence-electron chi connectivity index (χ0n) is 6.24. The van der Waals surface area contributed by atoms with Gasteiger partial charge in [-0.15, -0.1) is 0 Å². The van der Waals surface area contributed by atoms with Crippen LogP contribution in [-0.4, -0.2) is 12.4 Å². The minimum atomic E-state index is -0.287. The average molecular weight is 183 g/mol. The molecule has 0 bridgehead atoms. The summed E-state index contributed by atoms with van der Waals surface area (Å²) in [5.41, 5.74) is 0.899. The maximum absolute atomic E-state index is 10.3. The summed E-state index contributed by atoms with van der Waals surface area (Å²) in [5, 5.41) is 0.659. The average Bonchev–Trinajstić information content (AvgIpc) is 2.84. The lowest BCUT2D eigenvalue weighted by atomic mass is 10.1. The Morgan fingerprint density at radius 2 is 2.17 bits per heavy atom. The van der Waals surface area contributed by atoms with E-state index in [2.05, 4.69) is 0 Å². The molecule has 1 heterocycles. The molecule has 0 N–H and O–H groups in total. The minimum absolute atomic E-state index is 0.115. The van der Waals surface area contributed by atoms with Gasteiger partial charge in [-0.3, -0.25) is 0 Å². The van der Waals surface area contributed by atoms with Gasteiger partial charge in [0, 0.05) is 10.6 Å². The second-order valence-corrected chi connectivity index (χ2v) is 3.09. The highest BCUT2D eigenvalue weighted by molar-refractivity contribution is 6.31. The molecule has 0 aliphatic carbocycles. The number of carbonyl (C=O) groups excluding carboxylic acids is 1. The topological polar surface area (TPSA) is 29.6 Å². The zero-order chi connectivity index (χ0) is 8.55. The SMILES string of the molecule is O=C[C@@H]1O[C@@H]1c1ccccc1Cl. The molecule has 0 saturated carbocycles. The number of halogens is 1. The second kappa shape index (κ2) is 2.88. The fourth-order valence-corrected chi connectivity index (χ4v) is 1.43. The molecule has 1 aromatic rings. The first-order valence-corrected chi connectivity index (χ1v) is 4.06. The Morgan fingerprint density at radius 3 is 2.75 bits per heavy atom. The van der Waals surface area contributed by atoms with Gasteiger partial charge in [-0.2, -0.15) is 0 Å². The molecule has 0 radical (unpaired) electrons. The molecule has 2 nitrogen and oxygen atoms in total. The summed E-state index contributed by atoms with van der Waals surface area (Å²) in [6, 6.07) is 7.39. The molecule has 1 fully saturated rings. The van der Waals surface area contributed by atoms with Crippen LogP contribution in [0.15, 0.2) is 24.3 Å². The monoisotopic (exact) mass is 182 g/mol. The van der Waals surface area contributed by atoms with Crippen molar-refractivity contribution in [1.82, 2.24) is 0 Å². The highest BCUT2D eigenvalue weighted by Gasteiger charge is 2.40. The lowest BCUT2D eigenvalue weighted by Gasteiger charge is -1.96. The predicted molar refractivity (Wildman–Crippen MR) is 45.1 cm³/mol. The summed E-state index contributed by atoms with van der Waals surface area (Å²) < 4.78 is 5.08. The molecule has 0 aromatic heterocycles. The van der Waals surface area contributed by atoms with Crippen molar-refractivity contribution >= 4 is 17.9 Å². The van der Waals surface area contributed by atoms with Crippen LogP contribution >= 0.6 is 11.6 Å². The molecule has 1 saturated heterocycles. The third kappa shape index (κ3) is 1.24. The zero-order valence-corrected chi connectivity index (χ0v) is 6.99. The molecule has 0 unspecified atom stereocenters. The smallest absolute Gasteiger partial charge is 0.151 e. The van der Waals surface area contributed by atoms with Crippen molar-refractivity contribution in [2.45, 2.75) is 12.2 Å². The number of carbonyl (C=O) groups is 1. The summed E-state index contributed by atoms with van der Waals surface area (Å²) in [5.74, 6) is 0. The molecule has 12 heavy (non-hydrogen) atoms. The first-order chi connectivity index (χ1) is 5.83. The van der Waals surface area contributed by atoms with Crippen LogP contribution in [0, 0.1) is 0 Å². The van der Waals surface area contributed by atoms with Crippen LogP contribution in [0.2, 0.25) is 5.02 Å². The van der Waals surface area contributed by atoms with Gasteiger partial charge in [0.1, 0.15) is 12.2 Å². The summed E-state index contributed by atoms with van der Waals surface area (Å²) in [6.07, 6.45) is 0.398. The van der Waals surface area contributed by atoms with E-state index in [1.165, 1.54) is 0 Å². The van der Waals surface area contributed by atoms with E-state index in [1.807, 2.05) is 18.2 Å². The van der Waals surface area contributed by atoms with Gasteiger partial charge < -0.3 is 9.53 Å². The first kappa shape index (κ1) is 7.77. The van der Waals surface area contributed by atoms with Gasteiger partial charge >= 0.3 is 0 Å². The fourth-order valence-electron chi connectivity index (χ4n) is 1.18. The van der Waals surface area contributed by atoms with E-state index in [1.54, 1.807) is 6.07 Å². The van der Waals surface area contributed by atoms with Crippen LogP contribution in [0.3, 0.4) is 0 Å². The molecule has 3 heteroatoms. The van der Waals surface area contributed by atoms with E-state index in [0.717, 1.165) is 11.8 Å². The second-order valence-electron chi connectivity index (χ2n) is 2.68. The van der Waals surface area contributed by atoms with Crippen molar-refractivity contribution in [2.24, 2.45) is 0 Å². The van der Waals surface area contributed by atoms with E-state index in [9.17, 15) is 4.79 Å². The van der Waals surface area contributed by atoms with E-state index in [4.69, 9.17) is 16.3 Å². The highest BCUT2D eigenvalue weighted by Crippen LogP contribution is 2.40. The van der Waals surface area contributed by atoms with Gasteiger partial charge in [-0.25, -0.2) is 0 Å². The van der Waals surface area contributed by atoms with Gasteiger partial charge in [-0.1, -0.05) is 29.8 Å². The minimum Gasteiger partial charge on any atom is -0.356 e. The van der Waals surface area contributed by atoms with Gasteiger partial charge in [0.2, 0.25) is 0 Å². The Balaban J connectivity index is 2.25. The van der Waals surface area contributed by atoms with E-state index >= 15 is 0 Å². The fraction of sp³-hybridized carbons (Fsp3) is 0.222. The first-order valence-electron chi connectivity index (χ1n) is 3.68. The standard InChI is InChI=1S/C9H7ClO2/c10-7-4-2-1-3-6(7)9-8(5-11)12-9/h1-5,8-9H/t8-,9+/m0/s1. The summed E-state index contributed by atoms with van der Waals surface area (Å²) >= 11 is 5.89. The lowest BCUT2D eigenvalue weighted by Crippen LogP contribution is -1.89. The molecular formula is C9H7ClO2. The summed E-state index contributed by atoms with van der Waals surface area (Å²) in [4.78, 5) is 10.3. The van der Waals surface area contributed by atoms with Crippen molar-refractivity contribution in [1.29, 1.82) is 0 Å². The van der Waals surface area contributed by atoms with Gasteiger partial charge in [-0.05, 0) is 6.07 Å². The third-order valence-corrected chi connectivity index (χ3v) is 2.22. The van der Waals surface area contributed by atoms with Crippen molar-refractivity contribution in [2.75, 3.05) is 0 Å². The van der Waals surface area contributed by atoms with Crippen molar-refractivity contribution in [3.63, 3.8) is 0 Å². The van der Waals surface area contributed by atoms with Crippen molar-refractivity contribution in [3.05, 3.63) is 34.9 Å². The number of epoxide rings is 1. The molecule has 62 valence electrons. The van der Waals surface area contributed by atoms with Crippen LogP contribution in [0.1, 0.15) is 11.7 Å². The summed E-state index contributed by atoms with van der Waals surface area (Å²) in [7, 11) is 0. The number of aldehydes is 1. The van der Waals surface area contributed by atoms with E-state index < -0.39 is 0 Å². The number of ether oxygens (including phenoxy) is 1. The van der Waals surface area contributed by atoms with Crippen LogP contribution in [0.25, 0.3) is 0 Å². The number of rotatable bonds is 2. The maximum atomic E-state index is 10.3. The van der Waals surface area contributed by atoms with E-state index in [-0.39, 0.29) is 12.2 Å². The van der Waals surface area contributed by atoms with Crippen molar-refractivity contribution < 1.29 is 9.53 Å². The molecule has 2 atom stereocenters. The summed E-state index contributed by atoms with van der Waals surface area (Å²) in [6.45, 7) is 0. The Morgan fingerprint density at radius 1 is 1.42 bits per heavy atom. The maximum Gasteiger partial charge on any atom is 0.151 e. The third-order valence-electron chi connectivity index (χ3n) is 1.87. The van der Waals surface area contributed by atoms with Crippen LogP contribution in [0.5, 0.6) is 0 Å². The van der Waals surface area contributed by atoms with Crippen molar-refractivity contribution in [3.8, 4) is 0 Å². The largest absolute Gasteiger partial charge is 0.356 e. The highest BCUT2D eigenvalue weighted by atomic mass is 35.5. The van der Waals surface area contributed by atoms with E-state index in [0.29, 0.717) is 5.02 Å². The molecule has 1 aliphatic heterocycles. The molecule has 0 spiro atoms. The van der Waals surface area contributed by atoms with Crippen LogP contribution in [0.4, 0.5) is 0 Å².